The monoisotopic (exact) mass is 395 g/mol. The number of ether oxygens (including phenoxy) is 1. The van der Waals surface area contributed by atoms with E-state index in [1.54, 1.807) is 7.11 Å². The lowest BCUT2D eigenvalue weighted by Gasteiger charge is -2.40. The molecule has 0 aliphatic carbocycles. The number of benzene rings is 1. The van der Waals surface area contributed by atoms with Crippen LogP contribution in [0.15, 0.2) is 36.4 Å². The number of hydrogen-bond acceptors (Lipinski definition) is 6. The highest BCUT2D eigenvalue weighted by atomic mass is 16.5. The third kappa shape index (κ3) is 4.44. The number of rotatable bonds is 4. The molecule has 3 heterocycles. The van der Waals surface area contributed by atoms with E-state index in [-0.39, 0.29) is 11.8 Å². The van der Waals surface area contributed by atoms with Gasteiger partial charge in [-0.25, -0.2) is 0 Å². The smallest absolute Gasteiger partial charge is 0.227 e. The van der Waals surface area contributed by atoms with E-state index in [9.17, 15) is 4.79 Å². The van der Waals surface area contributed by atoms with Crippen molar-refractivity contribution in [2.24, 2.45) is 5.92 Å². The van der Waals surface area contributed by atoms with E-state index in [0.717, 1.165) is 69.4 Å². The largest absolute Gasteiger partial charge is 0.497 e. The summed E-state index contributed by atoms with van der Waals surface area (Å²) in [6.45, 7) is 6.86. The lowest BCUT2D eigenvalue weighted by Crippen LogP contribution is -2.52. The van der Waals surface area contributed by atoms with Gasteiger partial charge in [0.1, 0.15) is 5.75 Å². The standard InChI is InChI=1S/C22H29N5O2/c1-17-5-10-21(24-23-17)27-11-3-4-18(16-27)22(28)26-14-12-25(13-15-26)19-6-8-20(29-2)9-7-19/h5-10,18H,3-4,11-16H2,1-2H3. The number of aryl methyl sites for hydroxylation is 1. The van der Waals surface area contributed by atoms with Crippen LogP contribution in [0.5, 0.6) is 5.75 Å². The molecule has 4 rings (SSSR count). The number of anilines is 2. The molecule has 0 radical (unpaired) electrons. The summed E-state index contributed by atoms with van der Waals surface area (Å²) in [6, 6.07) is 12.1. The van der Waals surface area contributed by atoms with Crippen molar-refractivity contribution in [2.75, 3.05) is 56.2 Å². The summed E-state index contributed by atoms with van der Waals surface area (Å²) in [5.74, 6) is 2.06. The lowest BCUT2D eigenvalue weighted by atomic mass is 9.96. The van der Waals surface area contributed by atoms with Crippen LogP contribution in [0.2, 0.25) is 0 Å². The first kappa shape index (κ1) is 19.5. The molecule has 1 unspecified atom stereocenters. The molecule has 2 fully saturated rings. The summed E-state index contributed by atoms with van der Waals surface area (Å²) in [5.41, 5.74) is 2.09. The number of piperazine rings is 1. The van der Waals surface area contributed by atoms with E-state index < -0.39 is 0 Å². The number of aromatic nitrogens is 2. The van der Waals surface area contributed by atoms with Gasteiger partial charge >= 0.3 is 0 Å². The molecule has 1 amide bonds. The first-order chi connectivity index (χ1) is 14.1. The van der Waals surface area contributed by atoms with Gasteiger partial charge < -0.3 is 19.4 Å². The van der Waals surface area contributed by atoms with Crippen molar-refractivity contribution in [2.45, 2.75) is 19.8 Å². The van der Waals surface area contributed by atoms with Gasteiger partial charge in [0, 0.05) is 45.0 Å². The van der Waals surface area contributed by atoms with Gasteiger partial charge in [-0.15, -0.1) is 5.10 Å². The van der Waals surface area contributed by atoms with Crippen molar-refractivity contribution in [3.05, 3.63) is 42.1 Å². The number of carbonyl (C=O) groups is 1. The third-order valence-electron chi connectivity index (χ3n) is 5.91. The van der Waals surface area contributed by atoms with E-state index in [0.29, 0.717) is 0 Å². The zero-order valence-electron chi connectivity index (χ0n) is 17.3. The van der Waals surface area contributed by atoms with E-state index in [1.165, 1.54) is 5.69 Å². The van der Waals surface area contributed by atoms with Gasteiger partial charge in [0.15, 0.2) is 5.82 Å². The van der Waals surface area contributed by atoms with Crippen LogP contribution >= 0.6 is 0 Å². The van der Waals surface area contributed by atoms with Crippen molar-refractivity contribution in [3.8, 4) is 5.75 Å². The molecule has 1 aromatic carbocycles. The normalized spacial score (nSPS) is 19.9. The van der Waals surface area contributed by atoms with Crippen LogP contribution in [0.3, 0.4) is 0 Å². The molecule has 2 aliphatic rings. The fraction of sp³-hybridized carbons (Fsp3) is 0.500. The average Bonchev–Trinajstić information content (AvgIpc) is 2.79. The molecule has 7 nitrogen and oxygen atoms in total. The molecule has 0 N–H and O–H groups in total. The number of amides is 1. The van der Waals surface area contributed by atoms with E-state index in [2.05, 4.69) is 32.1 Å². The fourth-order valence-corrected chi connectivity index (χ4v) is 4.18. The highest BCUT2D eigenvalue weighted by molar-refractivity contribution is 5.80. The summed E-state index contributed by atoms with van der Waals surface area (Å²) in [7, 11) is 1.68. The highest BCUT2D eigenvalue weighted by Gasteiger charge is 2.31. The Bertz CT molecular complexity index is 816. The molecule has 2 aliphatic heterocycles. The van der Waals surface area contributed by atoms with Crippen molar-refractivity contribution in [1.82, 2.24) is 15.1 Å². The van der Waals surface area contributed by atoms with Gasteiger partial charge in [-0.2, -0.15) is 5.10 Å². The van der Waals surface area contributed by atoms with Crippen LogP contribution < -0.4 is 14.5 Å². The van der Waals surface area contributed by atoms with Crippen LogP contribution in [-0.4, -0.2) is 67.4 Å². The van der Waals surface area contributed by atoms with Crippen LogP contribution in [0.1, 0.15) is 18.5 Å². The van der Waals surface area contributed by atoms with Crippen LogP contribution in [0, 0.1) is 12.8 Å². The maximum absolute atomic E-state index is 13.1. The van der Waals surface area contributed by atoms with Gasteiger partial charge in [0.25, 0.3) is 0 Å². The van der Waals surface area contributed by atoms with E-state index in [4.69, 9.17) is 4.74 Å². The fourth-order valence-electron chi connectivity index (χ4n) is 4.18. The molecule has 1 aromatic heterocycles. The summed E-state index contributed by atoms with van der Waals surface area (Å²) in [4.78, 5) is 19.7. The second-order valence-electron chi connectivity index (χ2n) is 7.83. The van der Waals surface area contributed by atoms with Gasteiger partial charge in [-0.05, 0) is 56.2 Å². The van der Waals surface area contributed by atoms with Crippen molar-refractivity contribution < 1.29 is 9.53 Å². The minimum absolute atomic E-state index is 0.0411. The van der Waals surface area contributed by atoms with Crippen molar-refractivity contribution in [1.29, 1.82) is 0 Å². The lowest BCUT2D eigenvalue weighted by molar-refractivity contribution is -0.136. The molecular formula is C22H29N5O2. The van der Waals surface area contributed by atoms with Crippen LogP contribution in [0.4, 0.5) is 11.5 Å². The summed E-state index contributed by atoms with van der Waals surface area (Å²) in [6.07, 6.45) is 1.96. The number of carbonyl (C=O) groups excluding carboxylic acids is 1. The predicted octanol–water partition coefficient (Wildman–Crippen LogP) is 2.36. The molecule has 2 aromatic rings. The first-order valence-electron chi connectivity index (χ1n) is 10.4. The number of hydrogen-bond donors (Lipinski definition) is 0. The van der Waals surface area contributed by atoms with Crippen molar-refractivity contribution in [3.63, 3.8) is 0 Å². The first-order valence-corrected chi connectivity index (χ1v) is 10.4. The molecule has 0 bridgehead atoms. The molecule has 0 saturated carbocycles. The SMILES string of the molecule is COc1ccc(N2CCN(C(=O)C3CCCN(c4ccc(C)nn4)C3)CC2)cc1. The van der Waals surface area contributed by atoms with Crippen LogP contribution in [-0.2, 0) is 4.79 Å². The maximum atomic E-state index is 13.1. The zero-order chi connectivity index (χ0) is 20.2. The summed E-state index contributed by atoms with van der Waals surface area (Å²) >= 11 is 0. The number of piperidine rings is 1. The molecule has 7 heteroatoms. The average molecular weight is 396 g/mol. The maximum Gasteiger partial charge on any atom is 0.227 e. The molecule has 154 valence electrons. The second kappa shape index (κ2) is 8.68. The highest BCUT2D eigenvalue weighted by Crippen LogP contribution is 2.25. The van der Waals surface area contributed by atoms with E-state index in [1.807, 2.05) is 36.1 Å². The molecule has 0 spiro atoms. The zero-order valence-corrected chi connectivity index (χ0v) is 17.3. The Morgan fingerprint density at radius 3 is 2.38 bits per heavy atom. The van der Waals surface area contributed by atoms with Gasteiger partial charge in [-0.3, -0.25) is 4.79 Å². The molecule has 29 heavy (non-hydrogen) atoms. The molecule has 2 saturated heterocycles. The Kier molecular flexibility index (Phi) is 5.83. The van der Waals surface area contributed by atoms with Crippen LogP contribution in [0.25, 0.3) is 0 Å². The summed E-state index contributed by atoms with van der Waals surface area (Å²) in [5, 5.41) is 8.46. The minimum Gasteiger partial charge on any atom is -0.497 e. The van der Waals surface area contributed by atoms with Crippen molar-refractivity contribution >= 4 is 17.4 Å². The van der Waals surface area contributed by atoms with E-state index >= 15 is 0 Å². The Morgan fingerprint density at radius 2 is 1.72 bits per heavy atom. The summed E-state index contributed by atoms with van der Waals surface area (Å²) < 4.78 is 5.23. The molecule has 1 atom stereocenters. The van der Waals surface area contributed by atoms with Gasteiger partial charge in [0.2, 0.25) is 5.91 Å². The minimum atomic E-state index is 0.0411. The number of nitrogens with zero attached hydrogens (tertiary/aromatic N) is 5. The Balaban J connectivity index is 1.33. The van der Waals surface area contributed by atoms with Gasteiger partial charge in [0.05, 0.1) is 18.7 Å². The topological polar surface area (TPSA) is 61.8 Å². The third-order valence-corrected chi connectivity index (χ3v) is 5.91. The molecular weight excluding hydrogens is 366 g/mol. The second-order valence-corrected chi connectivity index (χ2v) is 7.83. The Labute approximate surface area is 172 Å². The Morgan fingerprint density at radius 1 is 0.966 bits per heavy atom. The number of methoxy groups -OCH3 is 1. The van der Waals surface area contributed by atoms with Gasteiger partial charge in [-0.1, -0.05) is 0 Å². The quantitative estimate of drug-likeness (QED) is 0.792. The predicted molar refractivity (Wildman–Crippen MR) is 113 cm³/mol. The Hall–Kier alpha value is -2.83.